The molecule has 0 aliphatic rings. The van der Waals surface area contributed by atoms with E-state index in [1.807, 2.05) is 0 Å². The Balaban J connectivity index is 2.43. The van der Waals surface area contributed by atoms with E-state index in [9.17, 15) is 9.59 Å². The molecule has 0 saturated heterocycles. The molecule has 0 bridgehead atoms. The lowest BCUT2D eigenvalue weighted by Gasteiger charge is -2.06. The van der Waals surface area contributed by atoms with Crippen LogP contribution in [0.25, 0.3) is 5.82 Å². The highest BCUT2D eigenvalue weighted by atomic mass is 35.5. The molecule has 0 aliphatic heterocycles. The van der Waals surface area contributed by atoms with Crippen LogP contribution in [0.15, 0.2) is 24.4 Å². The minimum atomic E-state index is -0.988. The number of pyridine rings is 1. The summed E-state index contributed by atoms with van der Waals surface area (Å²) < 4.78 is 19.5. The highest BCUT2D eigenvalue weighted by Gasteiger charge is 2.20. The van der Waals surface area contributed by atoms with Crippen LogP contribution in [0.5, 0.6) is 11.8 Å². The highest BCUT2D eigenvalue weighted by molar-refractivity contribution is 6.32. The molecule has 2 heterocycles. The molecule has 22 heavy (non-hydrogen) atoms. The van der Waals surface area contributed by atoms with Crippen LogP contribution in [-0.2, 0) is 9.47 Å². The molecule has 2 rings (SSSR count). The number of hydrogen-bond donors (Lipinski definition) is 0. The van der Waals surface area contributed by atoms with E-state index in [1.165, 1.54) is 12.3 Å². The Morgan fingerprint density at radius 3 is 2.50 bits per heavy atom. The Kier molecular flexibility index (Phi) is 4.79. The van der Waals surface area contributed by atoms with E-state index in [-0.39, 0.29) is 22.6 Å². The van der Waals surface area contributed by atoms with E-state index in [0.717, 1.165) is 18.9 Å². The third-order valence-electron chi connectivity index (χ3n) is 2.30. The predicted octanol–water partition coefficient (Wildman–Crippen LogP) is 2.21. The van der Waals surface area contributed by atoms with Crippen LogP contribution in [-0.4, -0.2) is 41.3 Å². The van der Waals surface area contributed by atoms with Crippen molar-refractivity contribution in [1.82, 2.24) is 14.8 Å². The summed E-state index contributed by atoms with van der Waals surface area (Å²) >= 11 is 6.02. The third-order valence-corrected chi connectivity index (χ3v) is 2.60. The molecule has 0 fully saturated rings. The Morgan fingerprint density at radius 1 is 1.18 bits per heavy atom. The zero-order valence-corrected chi connectivity index (χ0v) is 12.2. The van der Waals surface area contributed by atoms with E-state index in [4.69, 9.17) is 21.1 Å². The van der Waals surface area contributed by atoms with E-state index >= 15 is 0 Å². The zero-order chi connectivity index (χ0) is 16.1. The first-order valence-corrected chi connectivity index (χ1v) is 6.15. The van der Waals surface area contributed by atoms with Gasteiger partial charge >= 0.3 is 12.3 Å². The Bertz CT molecular complexity index is 702. The number of carbonyl (C=O) groups is 2. The number of nitrogens with zero attached hydrogens (tertiary/aromatic N) is 3. The van der Waals surface area contributed by atoms with Crippen LogP contribution < -0.4 is 9.47 Å². The average Bonchev–Trinajstić information content (AvgIpc) is 2.89. The summed E-state index contributed by atoms with van der Waals surface area (Å²) in [4.78, 5) is 26.4. The zero-order valence-electron chi connectivity index (χ0n) is 11.5. The van der Waals surface area contributed by atoms with Gasteiger partial charge in [-0.3, -0.25) is 0 Å². The largest absolute Gasteiger partial charge is 0.514 e. The van der Waals surface area contributed by atoms with Gasteiger partial charge in [-0.15, -0.1) is 5.10 Å². The number of hydrogen-bond acceptors (Lipinski definition) is 8. The smallest absolute Gasteiger partial charge is 0.437 e. The van der Waals surface area contributed by atoms with Gasteiger partial charge in [0, 0.05) is 6.20 Å². The summed E-state index contributed by atoms with van der Waals surface area (Å²) in [5.74, 6) is -0.110. The second-order valence-electron chi connectivity index (χ2n) is 3.65. The number of carbonyl (C=O) groups excluding carboxylic acids is 2. The van der Waals surface area contributed by atoms with E-state index in [1.54, 1.807) is 12.1 Å². The van der Waals surface area contributed by atoms with Gasteiger partial charge in [0.1, 0.15) is 0 Å². The van der Waals surface area contributed by atoms with Crippen molar-refractivity contribution in [2.24, 2.45) is 0 Å². The van der Waals surface area contributed by atoms with Gasteiger partial charge in [-0.2, -0.15) is 4.68 Å². The second-order valence-corrected chi connectivity index (χ2v) is 4.06. The van der Waals surface area contributed by atoms with Crippen molar-refractivity contribution < 1.29 is 28.5 Å². The van der Waals surface area contributed by atoms with Crippen molar-refractivity contribution in [2.45, 2.75) is 0 Å². The monoisotopic (exact) mass is 327 g/mol. The first kappa shape index (κ1) is 15.6. The van der Waals surface area contributed by atoms with Crippen LogP contribution in [0.3, 0.4) is 0 Å². The fraction of sp³-hybridized carbons (Fsp3) is 0.167. The van der Waals surface area contributed by atoms with Crippen molar-refractivity contribution in [3.8, 4) is 17.6 Å². The van der Waals surface area contributed by atoms with Gasteiger partial charge in [0.05, 0.1) is 25.3 Å². The molecule has 0 aromatic carbocycles. The Morgan fingerprint density at radius 2 is 1.86 bits per heavy atom. The first-order valence-electron chi connectivity index (χ1n) is 5.77. The lowest BCUT2D eigenvalue weighted by atomic mass is 10.4. The average molecular weight is 328 g/mol. The van der Waals surface area contributed by atoms with Gasteiger partial charge in [-0.25, -0.2) is 14.6 Å². The Hall–Kier alpha value is -2.81. The standard InChI is InChI=1S/C12H10ClN3O6/c1-19-11(17)21-8-6-9(22-12(18)20-2)16(15-8)10-7(13)4-3-5-14-10/h3-6H,1-2H3. The van der Waals surface area contributed by atoms with Crippen LogP contribution >= 0.6 is 11.6 Å². The third kappa shape index (κ3) is 3.44. The maximum Gasteiger partial charge on any atom is 0.514 e. The van der Waals surface area contributed by atoms with Crippen LogP contribution in [0, 0.1) is 0 Å². The molecule has 0 N–H and O–H groups in total. The molecule has 2 aromatic rings. The minimum absolute atomic E-state index is 0.105. The maximum absolute atomic E-state index is 11.3. The first-order chi connectivity index (χ1) is 10.5. The highest BCUT2D eigenvalue weighted by Crippen LogP contribution is 2.27. The number of aromatic nitrogens is 3. The van der Waals surface area contributed by atoms with Gasteiger partial charge in [-0.1, -0.05) is 11.6 Å². The quantitative estimate of drug-likeness (QED) is 0.791. The molecular formula is C12H10ClN3O6. The van der Waals surface area contributed by atoms with E-state index in [0.29, 0.717) is 0 Å². The molecule has 2 aromatic heterocycles. The predicted molar refractivity (Wildman–Crippen MR) is 72.4 cm³/mol. The SMILES string of the molecule is COC(=O)Oc1cc(OC(=O)OC)n(-c2ncccc2Cl)n1. The topological polar surface area (TPSA) is 102 Å². The molecule has 0 amide bonds. The summed E-state index contributed by atoms with van der Waals surface area (Å²) in [7, 11) is 2.28. The lowest BCUT2D eigenvalue weighted by Crippen LogP contribution is -2.12. The second kappa shape index (κ2) is 6.76. The van der Waals surface area contributed by atoms with Gasteiger partial charge in [0.25, 0.3) is 0 Å². The van der Waals surface area contributed by atoms with Gasteiger partial charge < -0.3 is 18.9 Å². The van der Waals surface area contributed by atoms with Crippen molar-refractivity contribution in [3.05, 3.63) is 29.4 Å². The number of ether oxygens (including phenoxy) is 4. The van der Waals surface area contributed by atoms with Crippen LogP contribution in [0.1, 0.15) is 0 Å². The number of halogens is 1. The molecule has 0 radical (unpaired) electrons. The number of methoxy groups -OCH3 is 2. The normalized spacial score (nSPS) is 9.95. The fourth-order valence-electron chi connectivity index (χ4n) is 1.41. The van der Waals surface area contributed by atoms with Crippen molar-refractivity contribution in [1.29, 1.82) is 0 Å². The minimum Gasteiger partial charge on any atom is -0.437 e. The lowest BCUT2D eigenvalue weighted by molar-refractivity contribution is 0.118. The molecule has 0 aliphatic carbocycles. The molecule has 0 spiro atoms. The van der Waals surface area contributed by atoms with Crippen molar-refractivity contribution >= 4 is 23.9 Å². The molecule has 116 valence electrons. The fourth-order valence-corrected chi connectivity index (χ4v) is 1.61. The molecule has 10 heteroatoms. The number of rotatable bonds is 3. The summed E-state index contributed by atoms with van der Waals surface area (Å²) in [6.45, 7) is 0. The van der Waals surface area contributed by atoms with Crippen LogP contribution in [0.4, 0.5) is 9.59 Å². The van der Waals surface area contributed by atoms with Crippen LogP contribution in [0.2, 0.25) is 5.02 Å². The molecule has 0 saturated carbocycles. The molecule has 0 atom stereocenters. The van der Waals surface area contributed by atoms with E-state index in [2.05, 4.69) is 19.6 Å². The maximum atomic E-state index is 11.3. The summed E-state index contributed by atoms with van der Waals surface area (Å²) in [6.07, 6.45) is -0.509. The molecule has 0 unspecified atom stereocenters. The van der Waals surface area contributed by atoms with E-state index < -0.39 is 12.3 Å². The van der Waals surface area contributed by atoms with Crippen molar-refractivity contribution in [2.75, 3.05) is 14.2 Å². The summed E-state index contributed by atoms with van der Waals surface area (Å²) in [6, 6.07) is 4.36. The van der Waals surface area contributed by atoms with Gasteiger partial charge in [-0.05, 0) is 12.1 Å². The summed E-state index contributed by atoms with van der Waals surface area (Å²) in [5, 5.41) is 4.17. The van der Waals surface area contributed by atoms with Gasteiger partial charge in [0.2, 0.25) is 11.8 Å². The molecular weight excluding hydrogens is 318 g/mol. The summed E-state index contributed by atoms with van der Waals surface area (Å²) in [5.41, 5.74) is 0. The van der Waals surface area contributed by atoms with Crippen molar-refractivity contribution in [3.63, 3.8) is 0 Å². The Labute approximate surface area is 129 Å². The molecule has 9 nitrogen and oxygen atoms in total. The van der Waals surface area contributed by atoms with Gasteiger partial charge in [0.15, 0.2) is 5.82 Å².